The molecule has 0 radical (unpaired) electrons. The summed E-state index contributed by atoms with van der Waals surface area (Å²) in [6.07, 6.45) is 0. The van der Waals surface area contributed by atoms with E-state index in [9.17, 15) is 13.2 Å². The maximum atomic E-state index is 12.3. The first kappa shape index (κ1) is 16.0. The molecule has 0 bridgehead atoms. The van der Waals surface area contributed by atoms with E-state index in [2.05, 4.69) is 0 Å². The first-order valence-corrected chi connectivity index (χ1v) is 8.15. The van der Waals surface area contributed by atoms with Gasteiger partial charge in [-0.1, -0.05) is 38.1 Å². The third kappa shape index (κ3) is 3.46. The van der Waals surface area contributed by atoms with Crippen molar-refractivity contribution in [3.63, 3.8) is 0 Å². The number of amides is 1. The molecule has 0 saturated carbocycles. The molecule has 22 heavy (non-hydrogen) atoms. The van der Waals surface area contributed by atoms with Gasteiger partial charge in [0.2, 0.25) is 0 Å². The Hall–Kier alpha value is -2.34. The van der Waals surface area contributed by atoms with E-state index >= 15 is 0 Å². The van der Waals surface area contributed by atoms with Crippen LogP contribution in [0.4, 0.5) is 0 Å². The molecule has 0 aliphatic carbocycles. The van der Waals surface area contributed by atoms with Gasteiger partial charge in [0, 0.05) is 0 Å². The number of hydrogen-bond donors (Lipinski definition) is 1. The van der Waals surface area contributed by atoms with Crippen molar-refractivity contribution in [2.24, 2.45) is 5.73 Å². The molecule has 0 fully saturated rings. The zero-order chi connectivity index (χ0) is 16.3. The van der Waals surface area contributed by atoms with Gasteiger partial charge < -0.3 is 9.92 Å². The molecule has 0 aromatic heterocycles. The lowest BCUT2D eigenvalue weighted by Gasteiger charge is -2.11. The summed E-state index contributed by atoms with van der Waals surface area (Å²) in [4.78, 5) is 11.3. The summed E-state index contributed by atoms with van der Waals surface area (Å²) in [5.74, 6) is -0.530. The summed E-state index contributed by atoms with van der Waals surface area (Å²) in [6, 6.07) is 12.4. The standard InChI is InChI=1S/C16H17NO4S/c1-11(2)12-7-9-13(10-8-12)22(19,20)21-15-6-4-3-5-14(15)16(17)18/h3-11H,1-2H3,(H2,17,18). The second-order valence-electron chi connectivity index (χ2n) is 5.12. The van der Waals surface area contributed by atoms with Crippen LogP contribution in [0.3, 0.4) is 0 Å². The average molecular weight is 319 g/mol. The van der Waals surface area contributed by atoms with Gasteiger partial charge in [-0.25, -0.2) is 0 Å². The fraction of sp³-hybridized carbons (Fsp3) is 0.188. The van der Waals surface area contributed by atoms with Crippen molar-refractivity contribution in [1.82, 2.24) is 0 Å². The monoisotopic (exact) mass is 319 g/mol. The number of carbonyl (C=O) groups is 1. The van der Waals surface area contributed by atoms with Crippen molar-refractivity contribution < 1.29 is 17.4 Å². The molecule has 2 rings (SSSR count). The van der Waals surface area contributed by atoms with Gasteiger partial charge in [0.15, 0.2) is 5.75 Å². The van der Waals surface area contributed by atoms with Crippen LogP contribution in [0.25, 0.3) is 0 Å². The van der Waals surface area contributed by atoms with E-state index < -0.39 is 16.0 Å². The minimum atomic E-state index is -4.02. The Kier molecular flexibility index (Phi) is 4.51. The van der Waals surface area contributed by atoms with Crippen LogP contribution in [0, 0.1) is 0 Å². The van der Waals surface area contributed by atoms with Crippen molar-refractivity contribution >= 4 is 16.0 Å². The Labute approximate surface area is 129 Å². The molecule has 0 heterocycles. The van der Waals surface area contributed by atoms with Crippen LogP contribution in [0.2, 0.25) is 0 Å². The highest BCUT2D eigenvalue weighted by Gasteiger charge is 2.20. The molecule has 2 aromatic carbocycles. The average Bonchev–Trinajstić information content (AvgIpc) is 2.47. The van der Waals surface area contributed by atoms with Crippen LogP contribution in [-0.2, 0) is 10.1 Å². The summed E-state index contributed by atoms with van der Waals surface area (Å²) in [5.41, 5.74) is 6.25. The third-order valence-electron chi connectivity index (χ3n) is 3.19. The quantitative estimate of drug-likeness (QED) is 0.858. The molecule has 0 aliphatic heterocycles. The number of primary amides is 1. The highest BCUT2D eigenvalue weighted by molar-refractivity contribution is 7.87. The highest BCUT2D eigenvalue weighted by Crippen LogP contribution is 2.24. The normalized spacial score (nSPS) is 11.4. The van der Waals surface area contributed by atoms with E-state index in [0.29, 0.717) is 5.92 Å². The number of hydrogen-bond acceptors (Lipinski definition) is 4. The lowest BCUT2D eigenvalue weighted by atomic mass is 10.0. The summed E-state index contributed by atoms with van der Waals surface area (Å²) in [6.45, 7) is 4.03. The predicted molar refractivity (Wildman–Crippen MR) is 83.3 cm³/mol. The Morgan fingerprint density at radius 1 is 1.05 bits per heavy atom. The number of para-hydroxylation sites is 1. The number of rotatable bonds is 5. The molecule has 2 N–H and O–H groups in total. The number of nitrogens with two attached hydrogens (primary N) is 1. The zero-order valence-corrected chi connectivity index (χ0v) is 13.1. The third-order valence-corrected chi connectivity index (χ3v) is 4.44. The molecule has 0 atom stereocenters. The van der Waals surface area contributed by atoms with Gasteiger partial charge in [-0.15, -0.1) is 0 Å². The SMILES string of the molecule is CC(C)c1ccc(S(=O)(=O)Oc2ccccc2C(N)=O)cc1. The van der Waals surface area contributed by atoms with E-state index in [1.165, 1.54) is 24.3 Å². The van der Waals surface area contributed by atoms with Crippen LogP contribution < -0.4 is 9.92 Å². The largest absolute Gasteiger partial charge is 0.378 e. The molecule has 0 saturated heterocycles. The van der Waals surface area contributed by atoms with Crippen LogP contribution >= 0.6 is 0 Å². The van der Waals surface area contributed by atoms with Crippen LogP contribution in [-0.4, -0.2) is 14.3 Å². The second kappa shape index (κ2) is 6.19. The summed E-state index contributed by atoms with van der Waals surface area (Å²) >= 11 is 0. The topological polar surface area (TPSA) is 86.5 Å². The van der Waals surface area contributed by atoms with Gasteiger partial charge in [-0.05, 0) is 35.7 Å². The van der Waals surface area contributed by atoms with Crippen LogP contribution in [0.1, 0.15) is 35.7 Å². The Morgan fingerprint density at radius 2 is 1.64 bits per heavy atom. The molecule has 116 valence electrons. The Bertz CT molecular complexity index is 780. The number of benzene rings is 2. The molecular weight excluding hydrogens is 302 g/mol. The molecule has 0 aliphatic rings. The minimum absolute atomic E-state index is 0.0184. The molecule has 0 spiro atoms. The summed E-state index contributed by atoms with van der Waals surface area (Å²) < 4.78 is 29.6. The van der Waals surface area contributed by atoms with Crippen molar-refractivity contribution in [3.8, 4) is 5.75 Å². The maximum absolute atomic E-state index is 12.3. The smallest absolute Gasteiger partial charge is 0.339 e. The van der Waals surface area contributed by atoms with Crippen molar-refractivity contribution in [1.29, 1.82) is 0 Å². The van der Waals surface area contributed by atoms with E-state index in [1.807, 2.05) is 13.8 Å². The van der Waals surface area contributed by atoms with E-state index in [-0.39, 0.29) is 16.2 Å². The van der Waals surface area contributed by atoms with Crippen molar-refractivity contribution in [3.05, 3.63) is 59.7 Å². The summed E-state index contributed by atoms with van der Waals surface area (Å²) in [7, 11) is -4.02. The molecule has 6 heteroatoms. The summed E-state index contributed by atoms with van der Waals surface area (Å²) in [5, 5.41) is 0. The molecule has 5 nitrogen and oxygen atoms in total. The Morgan fingerprint density at radius 3 is 2.18 bits per heavy atom. The first-order chi connectivity index (χ1) is 10.3. The van der Waals surface area contributed by atoms with Crippen LogP contribution in [0.5, 0.6) is 5.75 Å². The maximum Gasteiger partial charge on any atom is 0.339 e. The van der Waals surface area contributed by atoms with Gasteiger partial charge >= 0.3 is 10.1 Å². The van der Waals surface area contributed by atoms with Gasteiger partial charge in [0.1, 0.15) is 4.90 Å². The van der Waals surface area contributed by atoms with E-state index in [4.69, 9.17) is 9.92 Å². The van der Waals surface area contributed by atoms with Gasteiger partial charge in [-0.2, -0.15) is 8.42 Å². The van der Waals surface area contributed by atoms with Crippen molar-refractivity contribution in [2.45, 2.75) is 24.7 Å². The molecular formula is C16H17NO4S. The van der Waals surface area contributed by atoms with E-state index in [1.54, 1.807) is 24.3 Å². The zero-order valence-electron chi connectivity index (χ0n) is 12.3. The van der Waals surface area contributed by atoms with E-state index in [0.717, 1.165) is 5.56 Å². The highest BCUT2D eigenvalue weighted by atomic mass is 32.2. The lowest BCUT2D eigenvalue weighted by molar-refractivity contribution is 0.0999. The first-order valence-electron chi connectivity index (χ1n) is 6.74. The van der Waals surface area contributed by atoms with Gasteiger partial charge in [-0.3, -0.25) is 4.79 Å². The molecule has 0 unspecified atom stereocenters. The predicted octanol–water partition coefficient (Wildman–Crippen LogP) is 2.68. The molecule has 2 aromatic rings. The van der Waals surface area contributed by atoms with Crippen LogP contribution in [0.15, 0.2) is 53.4 Å². The molecule has 1 amide bonds. The fourth-order valence-electron chi connectivity index (χ4n) is 1.93. The lowest BCUT2D eigenvalue weighted by Crippen LogP contribution is -2.16. The van der Waals surface area contributed by atoms with Gasteiger partial charge in [0.05, 0.1) is 5.56 Å². The second-order valence-corrected chi connectivity index (χ2v) is 6.67. The number of carbonyl (C=O) groups excluding carboxylic acids is 1. The Balaban J connectivity index is 2.34. The minimum Gasteiger partial charge on any atom is -0.378 e. The van der Waals surface area contributed by atoms with Gasteiger partial charge in [0.25, 0.3) is 5.91 Å². The fourth-order valence-corrected chi connectivity index (χ4v) is 2.88. The van der Waals surface area contributed by atoms with Crippen molar-refractivity contribution in [2.75, 3.05) is 0 Å².